The summed E-state index contributed by atoms with van der Waals surface area (Å²) in [5.41, 5.74) is 12.7. The summed E-state index contributed by atoms with van der Waals surface area (Å²) >= 11 is 0. The van der Waals surface area contributed by atoms with Gasteiger partial charge >= 0.3 is 0 Å². The topological polar surface area (TPSA) is 61.6 Å². The van der Waals surface area contributed by atoms with E-state index in [0.717, 1.165) is 59.6 Å². The molecule has 5 nitrogen and oxygen atoms in total. The van der Waals surface area contributed by atoms with Crippen molar-refractivity contribution in [3.05, 3.63) is 22.3 Å². The number of anilines is 2. The Balaban J connectivity index is 2.17. The molecule has 5 heteroatoms. The standard InChI is InChI=1S/C19H32N4O/c1-12-14(3)19(15(4)13(2)18(12)20)22(5)11-17(24)23(6)16-7-9-21-10-8-16/h16,21H,7-11,20H2,1-6H3. The maximum Gasteiger partial charge on any atom is 0.242 e. The van der Waals surface area contributed by atoms with E-state index in [0.29, 0.717) is 12.6 Å². The Hall–Kier alpha value is -1.75. The van der Waals surface area contributed by atoms with Crippen LogP contribution in [-0.4, -0.2) is 50.6 Å². The summed E-state index contributed by atoms with van der Waals surface area (Å²) in [5.74, 6) is 0.176. The minimum atomic E-state index is 0.176. The molecule has 1 fully saturated rings. The zero-order valence-corrected chi connectivity index (χ0v) is 16.0. The number of hydrogen-bond donors (Lipinski definition) is 2. The Kier molecular flexibility index (Phi) is 5.75. The lowest BCUT2D eigenvalue weighted by molar-refractivity contribution is -0.130. The van der Waals surface area contributed by atoms with E-state index in [2.05, 4.69) is 37.9 Å². The molecule has 0 saturated carbocycles. The van der Waals surface area contributed by atoms with Crippen molar-refractivity contribution in [1.29, 1.82) is 0 Å². The summed E-state index contributed by atoms with van der Waals surface area (Å²) in [6.45, 7) is 10.7. The molecule has 1 aromatic carbocycles. The lowest BCUT2D eigenvalue weighted by Gasteiger charge is -2.34. The van der Waals surface area contributed by atoms with Crippen molar-refractivity contribution in [2.45, 2.75) is 46.6 Å². The SMILES string of the molecule is Cc1c(C)c(N(C)CC(=O)N(C)C2CCNCC2)c(C)c(C)c1N. The normalized spacial score (nSPS) is 15.4. The first-order valence-electron chi connectivity index (χ1n) is 8.79. The third kappa shape index (κ3) is 3.51. The van der Waals surface area contributed by atoms with Crippen LogP contribution in [0.5, 0.6) is 0 Å². The number of carbonyl (C=O) groups is 1. The van der Waals surface area contributed by atoms with Gasteiger partial charge in [-0.3, -0.25) is 4.79 Å². The number of nitrogens with two attached hydrogens (primary N) is 1. The second kappa shape index (κ2) is 7.43. The van der Waals surface area contributed by atoms with Crippen LogP contribution in [0.15, 0.2) is 0 Å². The Bertz CT molecular complexity index is 591. The van der Waals surface area contributed by atoms with Gasteiger partial charge in [-0.15, -0.1) is 0 Å². The number of benzene rings is 1. The number of rotatable bonds is 4. The van der Waals surface area contributed by atoms with Gasteiger partial charge in [0, 0.05) is 31.5 Å². The van der Waals surface area contributed by atoms with Gasteiger partial charge in [-0.05, 0) is 75.9 Å². The Morgan fingerprint density at radius 3 is 2.04 bits per heavy atom. The summed E-state index contributed by atoms with van der Waals surface area (Å²) in [6, 6.07) is 0.351. The molecule has 3 N–H and O–H groups in total. The molecule has 1 aliphatic rings. The Morgan fingerprint density at radius 2 is 1.54 bits per heavy atom. The average molecular weight is 332 g/mol. The number of piperidine rings is 1. The average Bonchev–Trinajstić information content (AvgIpc) is 2.58. The molecule has 0 atom stereocenters. The van der Waals surface area contributed by atoms with Crippen LogP contribution in [0, 0.1) is 27.7 Å². The van der Waals surface area contributed by atoms with Crippen LogP contribution in [0.2, 0.25) is 0 Å². The zero-order chi connectivity index (χ0) is 18.0. The quantitative estimate of drug-likeness (QED) is 0.830. The van der Waals surface area contributed by atoms with Crippen LogP contribution >= 0.6 is 0 Å². The van der Waals surface area contributed by atoms with Crippen molar-refractivity contribution in [1.82, 2.24) is 10.2 Å². The van der Waals surface area contributed by atoms with Crippen LogP contribution in [0.3, 0.4) is 0 Å². The van der Waals surface area contributed by atoms with Gasteiger partial charge in [0.1, 0.15) is 0 Å². The van der Waals surface area contributed by atoms with E-state index in [9.17, 15) is 4.79 Å². The summed E-state index contributed by atoms with van der Waals surface area (Å²) in [7, 11) is 3.93. The van der Waals surface area contributed by atoms with E-state index in [1.54, 1.807) is 0 Å². The van der Waals surface area contributed by atoms with Crippen LogP contribution in [0.25, 0.3) is 0 Å². The molecular formula is C19H32N4O. The van der Waals surface area contributed by atoms with Crippen LogP contribution in [0.4, 0.5) is 11.4 Å². The van der Waals surface area contributed by atoms with Crippen molar-refractivity contribution >= 4 is 17.3 Å². The molecule has 0 aromatic heterocycles. The van der Waals surface area contributed by atoms with Crippen LogP contribution < -0.4 is 16.0 Å². The molecule has 0 aliphatic carbocycles. The summed E-state index contributed by atoms with van der Waals surface area (Å²) in [6.07, 6.45) is 2.06. The van der Waals surface area contributed by atoms with Crippen LogP contribution in [-0.2, 0) is 4.79 Å². The highest BCUT2D eigenvalue weighted by atomic mass is 16.2. The highest BCUT2D eigenvalue weighted by Gasteiger charge is 2.24. The number of nitrogen functional groups attached to an aromatic ring is 1. The molecule has 1 saturated heterocycles. The second-order valence-electron chi connectivity index (χ2n) is 7.10. The molecule has 0 spiro atoms. The lowest BCUT2D eigenvalue weighted by Crippen LogP contribution is -2.47. The number of likely N-dealkylation sites (N-methyl/N-ethyl adjacent to an activating group) is 2. The number of nitrogens with one attached hydrogen (secondary N) is 1. The molecular weight excluding hydrogens is 300 g/mol. The van der Waals surface area contributed by atoms with Crippen LogP contribution in [0.1, 0.15) is 35.1 Å². The number of amides is 1. The van der Waals surface area contributed by atoms with E-state index >= 15 is 0 Å². The van der Waals surface area contributed by atoms with E-state index in [1.807, 2.05) is 19.0 Å². The zero-order valence-electron chi connectivity index (χ0n) is 16.0. The first kappa shape index (κ1) is 18.6. The van der Waals surface area contributed by atoms with Gasteiger partial charge in [0.05, 0.1) is 6.54 Å². The van der Waals surface area contributed by atoms with E-state index < -0.39 is 0 Å². The molecule has 1 amide bonds. The molecule has 0 unspecified atom stereocenters. The maximum atomic E-state index is 12.7. The molecule has 2 rings (SSSR count). The van der Waals surface area contributed by atoms with Crippen molar-refractivity contribution < 1.29 is 4.79 Å². The summed E-state index contributed by atoms with van der Waals surface area (Å²) in [4.78, 5) is 16.7. The molecule has 1 aromatic rings. The Morgan fingerprint density at radius 1 is 1.04 bits per heavy atom. The van der Waals surface area contributed by atoms with Gasteiger partial charge < -0.3 is 20.9 Å². The Labute approximate surface area is 146 Å². The van der Waals surface area contributed by atoms with Gasteiger partial charge in [0.15, 0.2) is 0 Å². The van der Waals surface area contributed by atoms with Gasteiger partial charge in [-0.1, -0.05) is 0 Å². The highest BCUT2D eigenvalue weighted by molar-refractivity contribution is 5.83. The monoisotopic (exact) mass is 332 g/mol. The van der Waals surface area contributed by atoms with Gasteiger partial charge in [0.2, 0.25) is 5.91 Å². The predicted molar refractivity (Wildman–Crippen MR) is 102 cm³/mol. The van der Waals surface area contributed by atoms with Crippen molar-refractivity contribution in [2.24, 2.45) is 0 Å². The molecule has 1 aliphatic heterocycles. The minimum Gasteiger partial charge on any atom is -0.398 e. The number of nitrogens with zero attached hydrogens (tertiary/aromatic N) is 2. The first-order chi connectivity index (χ1) is 11.3. The fourth-order valence-electron chi connectivity index (χ4n) is 3.69. The highest BCUT2D eigenvalue weighted by Crippen LogP contribution is 2.34. The van der Waals surface area contributed by atoms with Gasteiger partial charge in [-0.25, -0.2) is 0 Å². The van der Waals surface area contributed by atoms with E-state index in [-0.39, 0.29) is 5.91 Å². The molecule has 134 valence electrons. The first-order valence-corrected chi connectivity index (χ1v) is 8.79. The fourth-order valence-corrected chi connectivity index (χ4v) is 3.69. The number of hydrogen-bond acceptors (Lipinski definition) is 4. The van der Waals surface area contributed by atoms with E-state index in [4.69, 9.17) is 5.73 Å². The maximum absolute atomic E-state index is 12.7. The van der Waals surface area contributed by atoms with Crippen molar-refractivity contribution in [2.75, 3.05) is 44.4 Å². The predicted octanol–water partition coefficient (Wildman–Crippen LogP) is 2.15. The molecule has 0 radical (unpaired) electrons. The smallest absolute Gasteiger partial charge is 0.242 e. The van der Waals surface area contributed by atoms with Crippen molar-refractivity contribution in [3.8, 4) is 0 Å². The summed E-state index contributed by atoms with van der Waals surface area (Å²) in [5, 5.41) is 3.35. The number of carbonyl (C=O) groups excluding carboxylic acids is 1. The third-order valence-corrected chi connectivity index (χ3v) is 5.65. The third-order valence-electron chi connectivity index (χ3n) is 5.65. The summed E-state index contributed by atoms with van der Waals surface area (Å²) < 4.78 is 0. The molecule has 24 heavy (non-hydrogen) atoms. The molecule has 0 bridgehead atoms. The largest absolute Gasteiger partial charge is 0.398 e. The minimum absolute atomic E-state index is 0.176. The van der Waals surface area contributed by atoms with Gasteiger partial charge in [-0.2, -0.15) is 0 Å². The lowest BCUT2D eigenvalue weighted by atomic mass is 9.95. The van der Waals surface area contributed by atoms with E-state index in [1.165, 1.54) is 0 Å². The van der Waals surface area contributed by atoms with Crippen molar-refractivity contribution in [3.63, 3.8) is 0 Å². The second-order valence-corrected chi connectivity index (χ2v) is 7.10. The van der Waals surface area contributed by atoms with Gasteiger partial charge in [0.25, 0.3) is 0 Å². The molecule has 1 heterocycles. The fraction of sp³-hybridized carbons (Fsp3) is 0.632.